The fourth-order valence-electron chi connectivity index (χ4n) is 1.75. The third kappa shape index (κ3) is 2.31. The largest absolute Gasteiger partial charge is 0.396 e. The van der Waals surface area contributed by atoms with Gasteiger partial charge >= 0.3 is 0 Å². The molecule has 1 atom stereocenters. The van der Waals surface area contributed by atoms with Crippen molar-refractivity contribution in [2.75, 3.05) is 19.7 Å². The van der Waals surface area contributed by atoms with E-state index in [1.165, 1.54) is 12.4 Å². The Morgan fingerprint density at radius 3 is 2.94 bits per heavy atom. The number of carbonyl (C=O) groups is 1. The van der Waals surface area contributed by atoms with Crippen LogP contribution < -0.4 is 0 Å². The number of rotatable bonds is 2. The van der Waals surface area contributed by atoms with E-state index in [0.717, 1.165) is 6.42 Å². The van der Waals surface area contributed by atoms with Crippen LogP contribution in [0, 0.1) is 5.92 Å². The van der Waals surface area contributed by atoms with Gasteiger partial charge in [-0.3, -0.25) is 4.79 Å². The summed E-state index contributed by atoms with van der Waals surface area (Å²) in [6, 6.07) is 0. The molecule has 1 saturated heterocycles. The molecule has 2 heterocycles. The number of amides is 1. The highest BCUT2D eigenvalue weighted by atomic mass is 35.5. The average molecular weight is 242 g/mol. The lowest BCUT2D eigenvalue weighted by molar-refractivity contribution is 0.0775. The van der Waals surface area contributed by atoms with E-state index in [4.69, 9.17) is 16.7 Å². The number of hydrogen-bond acceptors (Lipinski definition) is 4. The first kappa shape index (κ1) is 11.3. The maximum absolute atomic E-state index is 11.9. The van der Waals surface area contributed by atoms with E-state index in [2.05, 4.69) is 9.97 Å². The number of nitrogens with zero attached hydrogens (tertiary/aromatic N) is 3. The fraction of sp³-hybridized carbons (Fsp3) is 0.500. The van der Waals surface area contributed by atoms with Crippen LogP contribution in [0.25, 0.3) is 0 Å². The van der Waals surface area contributed by atoms with Crippen LogP contribution in [0.5, 0.6) is 0 Å². The standard InChI is InChI=1S/C10H12ClN3O2/c11-9-4-12-8(3-13-9)10(16)14-2-1-7(5-14)6-15/h3-4,7,15H,1-2,5-6H2. The highest BCUT2D eigenvalue weighted by Gasteiger charge is 2.27. The second kappa shape index (κ2) is 4.76. The van der Waals surface area contributed by atoms with Gasteiger partial charge in [-0.05, 0) is 6.42 Å². The van der Waals surface area contributed by atoms with Crippen LogP contribution in [-0.4, -0.2) is 45.6 Å². The maximum atomic E-state index is 11.9. The molecule has 1 fully saturated rings. The Labute approximate surface area is 98.1 Å². The van der Waals surface area contributed by atoms with Gasteiger partial charge in [-0.2, -0.15) is 0 Å². The van der Waals surface area contributed by atoms with E-state index in [1.807, 2.05) is 0 Å². The highest BCUT2D eigenvalue weighted by molar-refractivity contribution is 6.29. The smallest absolute Gasteiger partial charge is 0.274 e. The van der Waals surface area contributed by atoms with Gasteiger partial charge in [0.15, 0.2) is 0 Å². The molecule has 1 unspecified atom stereocenters. The number of hydrogen-bond donors (Lipinski definition) is 1. The van der Waals surface area contributed by atoms with Crippen LogP contribution in [0.4, 0.5) is 0 Å². The zero-order chi connectivity index (χ0) is 11.5. The summed E-state index contributed by atoms with van der Waals surface area (Å²) in [6.07, 6.45) is 3.56. The average Bonchev–Trinajstić information content (AvgIpc) is 2.77. The lowest BCUT2D eigenvalue weighted by atomic mass is 10.1. The zero-order valence-electron chi connectivity index (χ0n) is 8.64. The topological polar surface area (TPSA) is 66.3 Å². The summed E-state index contributed by atoms with van der Waals surface area (Å²) in [5.41, 5.74) is 0.294. The van der Waals surface area contributed by atoms with Gasteiger partial charge in [0.2, 0.25) is 0 Å². The van der Waals surface area contributed by atoms with E-state index >= 15 is 0 Å². The Bertz CT molecular complexity index is 382. The summed E-state index contributed by atoms with van der Waals surface area (Å²) in [4.78, 5) is 21.3. The first-order valence-electron chi connectivity index (χ1n) is 5.08. The predicted octanol–water partition coefficient (Wildman–Crippen LogP) is 0.584. The molecular formula is C10H12ClN3O2. The second-order valence-electron chi connectivity index (χ2n) is 3.81. The van der Waals surface area contributed by atoms with E-state index in [-0.39, 0.29) is 23.6 Å². The van der Waals surface area contributed by atoms with E-state index < -0.39 is 0 Å². The van der Waals surface area contributed by atoms with Crippen LogP contribution >= 0.6 is 11.6 Å². The first-order valence-corrected chi connectivity index (χ1v) is 5.46. The van der Waals surface area contributed by atoms with E-state index in [1.54, 1.807) is 4.90 Å². The van der Waals surface area contributed by atoms with Gasteiger partial charge in [-0.25, -0.2) is 9.97 Å². The highest BCUT2D eigenvalue weighted by Crippen LogP contribution is 2.17. The molecule has 1 N–H and O–H groups in total. The van der Waals surface area contributed by atoms with E-state index in [9.17, 15) is 4.79 Å². The van der Waals surface area contributed by atoms with Gasteiger partial charge in [0.1, 0.15) is 10.8 Å². The third-order valence-electron chi connectivity index (χ3n) is 2.67. The Morgan fingerprint density at radius 2 is 2.38 bits per heavy atom. The van der Waals surface area contributed by atoms with Crippen LogP contribution in [-0.2, 0) is 0 Å². The fourth-order valence-corrected chi connectivity index (χ4v) is 1.85. The molecule has 1 amide bonds. The number of aliphatic hydroxyl groups is 1. The molecule has 1 aromatic heterocycles. The lowest BCUT2D eigenvalue weighted by Crippen LogP contribution is -2.29. The van der Waals surface area contributed by atoms with Crippen molar-refractivity contribution < 1.29 is 9.90 Å². The van der Waals surface area contributed by atoms with Gasteiger partial charge in [-0.1, -0.05) is 11.6 Å². The summed E-state index contributed by atoms with van der Waals surface area (Å²) in [5.74, 6) is 0.0318. The number of carbonyl (C=O) groups excluding carboxylic acids is 1. The SMILES string of the molecule is O=C(c1cnc(Cl)cn1)N1CCC(CO)C1. The Hall–Kier alpha value is -1.20. The normalized spacial score (nSPS) is 20.1. The van der Waals surface area contributed by atoms with Crippen molar-refractivity contribution in [1.82, 2.24) is 14.9 Å². The molecule has 0 bridgehead atoms. The van der Waals surface area contributed by atoms with Crippen molar-refractivity contribution in [2.45, 2.75) is 6.42 Å². The Balaban J connectivity index is 2.05. The van der Waals surface area contributed by atoms with Gasteiger partial charge in [-0.15, -0.1) is 0 Å². The molecule has 0 aromatic carbocycles. The minimum absolute atomic E-state index is 0.121. The molecule has 0 radical (unpaired) electrons. The molecule has 86 valence electrons. The van der Waals surface area contributed by atoms with Crippen molar-refractivity contribution >= 4 is 17.5 Å². The summed E-state index contributed by atoms with van der Waals surface area (Å²) < 4.78 is 0. The van der Waals surface area contributed by atoms with E-state index in [0.29, 0.717) is 18.8 Å². The van der Waals surface area contributed by atoms with Crippen LogP contribution in [0.3, 0.4) is 0 Å². The van der Waals surface area contributed by atoms with Crippen LogP contribution in [0.2, 0.25) is 5.15 Å². The Morgan fingerprint density at radius 1 is 1.56 bits per heavy atom. The molecule has 0 aliphatic carbocycles. The van der Waals surface area contributed by atoms with Gasteiger partial charge in [0, 0.05) is 25.6 Å². The quantitative estimate of drug-likeness (QED) is 0.823. The molecule has 2 rings (SSSR count). The molecule has 1 aliphatic rings. The molecule has 0 spiro atoms. The molecule has 1 aliphatic heterocycles. The molecule has 1 aromatic rings. The van der Waals surface area contributed by atoms with Crippen LogP contribution in [0.1, 0.15) is 16.9 Å². The van der Waals surface area contributed by atoms with Gasteiger partial charge in [0.05, 0.1) is 12.4 Å². The first-order chi connectivity index (χ1) is 7.70. The van der Waals surface area contributed by atoms with Gasteiger partial charge in [0.25, 0.3) is 5.91 Å². The summed E-state index contributed by atoms with van der Waals surface area (Å²) in [7, 11) is 0. The summed E-state index contributed by atoms with van der Waals surface area (Å²) in [6.45, 7) is 1.37. The van der Waals surface area contributed by atoms with Crippen molar-refractivity contribution in [1.29, 1.82) is 0 Å². The lowest BCUT2D eigenvalue weighted by Gasteiger charge is -2.15. The molecule has 0 saturated carbocycles. The molecular weight excluding hydrogens is 230 g/mol. The number of aliphatic hydroxyl groups excluding tert-OH is 1. The third-order valence-corrected chi connectivity index (χ3v) is 2.87. The summed E-state index contributed by atoms with van der Waals surface area (Å²) >= 11 is 5.59. The monoisotopic (exact) mass is 241 g/mol. The van der Waals surface area contributed by atoms with Gasteiger partial charge < -0.3 is 10.0 Å². The number of halogens is 1. The van der Waals surface area contributed by atoms with Crippen molar-refractivity contribution in [3.8, 4) is 0 Å². The molecule has 16 heavy (non-hydrogen) atoms. The predicted molar refractivity (Wildman–Crippen MR) is 58.1 cm³/mol. The number of aromatic nitrogens is 2. The Kier molecular flexibility index (Phi) is 3.36. The maximum Gasteiger partial charge on any atom is 0.274 e. The minimum atomic E-state index is -0.153. The van der Waals surface area contributed by atoms with Crippen LogP contribution in [0.15, 0.2) is 12.4 Å². The molecule has 6 heteroatoms. The van der Waals surface area contributed by atoms with Crippen molar-refractivity contribution in [3.63, 3.8) is 0 Å². The zero-order valence-corrected chi connectivity index (χ0v) is 9.39. The van der Waals surface area contributed by atoms with Crippen molar-refractivity contribution in [2.24, 2.45) is 5.92 Å². The van der Waals surface area contributed by atoms with Crippen molar-refractivity contribution in [3.05, 3.63) is 23.2 Å². The second-order valence-corrected chi connectivity index (χ2v) is 4.20. The number of likely N-dealkylation sites (tertiary alicyclic amines) is 1. The minimum Gasteiger partial charge on any atom is -0.396 e. The molecule has 5 nitrogen and oxygen atoms in total. The summed E-state index contributed by atoms with van der Waals surface area (Å²) in [5, 5.41) is 9.26.